The number of rotatable bonds is 8. The highest BCUT2D eigenvalue weighted by molar-refractivity contribution is 7.81. The number of methoxy groups -OCH3 is 1. The first-order valence-corrected chi connectivity index (χ1v) is 8.21. The van der Waals surface area contributed by atoms with E-state index >= 15 is 0 Å². The molecule has 0 aliphatic carbocycles. The highest BCUT2D eigenvalue weighted by Gasteiger charge is 2.30. The fraction of sp³-hybridized carbons (Fsp3) is 0.556. The van der Waals surface area contributed by atoms with E-state index in [0.717, 1.165) is 0 Å². The Labute approximate surface area is 149 Å². The van der Waals surface area contributed by atoms with Crippen LogP contribution < -0.4 is 0 Å². The van der Waals surface area contributed by atoms with Crippen LogP contribution in [-0.2, 0) is 14.2 Å². The summed E-state index contributed by atoms with van der Waals surface area (Å²) in [7, 11) is 1.53. The summed E-state index contributed by atoms with van der Waals surface area (Å²) >= 11 is 4.48. The zero-order valence-electron chi connectivity index (χ0n) is 14.9. The Morgan fingerprint density at radius 1 is 0.958 bits per heavy atom. The Kier molecular flexibility index (Phi) is 7.29. The van der Waals surface area contributed by atoms with Gasteiger partial charge in [0.2, 0.25) is 0 Å². The molecule has 0 heterocycles. The van der Waals surface area contributed by atoms with Gasteiger partial charge >= 0.3 is 11.9 Å². The van der Waals surface area contributed by atoms with Crippen molar-refractivity contribution in [3.8, 4) is 0 Å². The van der Waals surface area contributed by atoms with Gasteiger partial charge in [-0.2, -0.15) is 12.6 Å². The Bertz CT molecular complexity index is 558. The van der Waals surface area contributed by atoms with E-state index in [1.165, 1.54) is 7.11 Å². The molecule has 0 spiro atoms. The first-order valence-electron chi connectivity index (χ1n) is 7.76. The number of benzene rings is 1. The number of hydrogen-bond acceptors (Lipinski definition) is 6. The van der Waals surface area contributed by atoms with Crippen LogP contribution in [0.2, 0.25) is 0 Å². The van der Waals surface area contributed by atoms with Gasteiger partial charge in [-0.1, -0.05) is 13.8 Å². The van der Waals surface area contributed by atoms with Crippen LogP contribution in [0.5, 0.6) is 0 Å². The van der Waals surface area contributed by atoms with Gasteiger partial charge in [-0.25, -0.2) is 9.59 Å². The van der Waals surface area contributed by atoms with Gasteiger partial charge in [-0.3, -0.25) is 0 Å². The molecule has 0 aromatic heterocycles. The van der Waals surface area contributed by atoms with E-state index in [4.69, 9.17) is 14.2 Å². The molecule has 0 bridgehead atoms. The molecule has 134 valence electrons. The minimum atomic E-state index is -0.639. The van der Waals surface area contributed by atoms with Gasteiger partial charge in [-0.15, -0.1) is 0 Å². The molecule has 0 aliphatic rings. The zero-order valence-corrected chi connectivity index (χ0v) is 15.8. The zero-order chi connectivity index (χ0) is 18.4. The lowest BCUT2D eigenvalue weighted by Crippen LogP contribution is -2.34. The molecule has 0 N–H and O–H groups in total. The second-order valence-corrected chi connectivity index (χ2v) is 8.06. The van der Waals surface area contributed by atoms with Crippen LogP contribution in [0.1, 0.15) is 54.8 Å². The van der Waals surface area contributed by atoms with Gasteiger partial charge in [0.1, 0.15) is 12.2 Å². The van der Waals surface area contributed by atoms with Crippen molar-refractivity contribution in [2.45, 2.75) is 44.5 Å². The van der Waals surface area contributed by atoms with Crippen molar-refractivity contribution in [3.05, 3.63) is 35.4 Å². The quantitative estimate of drug-likeness (QED) is 0.440. The fourth-order valence-corrected chi connectivity index (χ4v) is 2.81. The molecular weight excluding hydrogens is 328 g/mol. The summed E-state index contributed by atoms with van der Waals surface area (Å²) in [6.45, 7) is 8.17. The monoisotopic (exact) mass is 354 g/mol. The van der Waals surface area contributed by atoms with E-state index in [9.17, 15) is 9.59 Å². The molecule has 1 rings (SSSR count). The van der Waals surface area contributed by atoms with Gasteiger partial charge in [0.25, 0.3) is 0 Å². The van der Waals surface area contributed by atoms with E-state index in [2.05, 4.69) is 12.6 Å². The molecule has 0 radical (unpaired) electrons. The van der Waals surface area contributed by atoms with Gasteiger partial charge in [0.15, 0.2) is 0 Å². The Morgan fingerprint density at radius 2 is 1.46 bits per heavy atom. The fourth-order valence-electron chi connectivity index (χ4n) is 2.43. The van der Waals surface area contributed by atoms with Crippen LogP contribution in [-0.4, -0.2) is 42.6 Å². The molecule has 1 aromatic rings. The third-order valence-corrected chi connectivity index (χ3v) is 3.26. The van der Waals surface area contributed by atoms with Gasteiger partial charge in [0, 0.05) is 18.3 Å². The van der Waals surface area contributed by atoms with Crippen molar-refractivity contribution in [3.63, 3.8) is 0 Å². The van der Waals surface area contributed by atoms with E-state index in [1.807, 2.05) is 27.7 Å². The van der Waals surface area contributed by atoms with Crippen LogP contribution in [0, 0.1) is 0 Å². The Hall–Kier alpha value is -1.53. The summed E-state index contributed by atoms with van der Waals surface area (Å²) in [4.78, 5) is 24.0. The van der Waals surface area contributed by atoms with Crippen LogP contribution in [0.4, 0.5) is 0 Å². The average molecular weight is 354 g/mol. The smallest absolute Gasteiger partial charge is 0.338 e. The van der Waals surface area contributed by atoms with Crippen LogP contribution in [0.3, 0.4) is 0 Å². The number of esters is 2. The lowest BCUT2D eigenvalue weighted by atomic mass is 9.95. The largest absolute Gasteiger partial charge is 0.460 e. The number of thiol groups is 1. The molecule has 0 aliphatic heterocycles. The molecule has 6 heteroatoms. The average Bonchev–Trinajstić information content (AvgIpc) is 2.44. The van der Waals surface area contributed by atoms with Gasteiger partial charge in [0.05, 0.1) is 17.7 Å². The molecule has 0 saturated heterocycles. The molecule has 5 nitrogen and oxygen atoms in total. The SMILES string of the molecule is COCCOC(=O)c1ccc(C(=O)OC(C)(C)CC(C)(C)S)cc1. The second-order valence-electron chi connectivity index (χ2n) is 6.84. The lowest BCUT2D eigenvalue weighted by Gasteiger charge is -2.31. The van der Waals surface area contributed by atoms with Crippen LogP contribution in [0.15, 0.2) is 24.3 Å². The molecule has 0 atom stereocenters. The predicted octanol–water partition coefficient (Wildman–Crippen LogP) is 3.52. The Balaban J connectivity index is 2.68. The van der Waals surface area contributed by atoms with Gasteiger partial charge in [-0.05, 0) is 38.1 Å². The maximum atomic E-state index is 12.3. The standard InChI is InChI=1S/C18H26O5S/c1-17(2,12-18(3,4)24)23-16(20)14-8-6-13(7-9-14)15(19)22-11-10-21-5/h6-9,24H,10-12H2,1-5H3. The van der Waals surface area contributed by atoms with Crippen molar-refractivity contribution in [2.75, 3.05) is 20.3 Å². The highest BCUT2D eigenvalue weighted by Crippen LogP contribution is 2.28. The van der Waals surface area contributed by atoms with E-state index < -0.39 is 17.5 Å². The van der Waals surface area contributed by atoms with Crippen molar-refractivity contribution in [1.29, 1.82) is 0 Å². The van der Waals surface area contributed by atoms with E-state index in [1.54, 1.807) is 24.3 Å². The molecule has 24 heavy (non-hydrogen) atoms. The molecule has 1 aromatic carbocycles. The summed E-state index contributed by atoms with van der Waals surface area (Å²) in [5.41, 5.74) is 0.118. The lowest BCUT2D eigenvalue weighted by molar-refractivity contribution is -0.00736. The molecule has 0 amide bonds. The number of ether oxygens (including phenoxy) is 3. The van der Waals surface area contributed by atoms with Crippen molar-refractivity contribution < 1.29 is 23.8 Å². The summed E-state index contributed by atoms with van der Waals surface area (Å²) in [6.07, 6.45) is 0.610. The number of carbonyl (C=O) groups excluding carboxylic acids is 2. The topological polar surface area (TPSA) is 61.8 Å². The normalized spacial score (nSPS) is 11.9. The maximum absolute atomic E-state index is 12.3. The van der Waals surface area contributed by atoms with Crippen molar-refractivity contribution >= 4 is 24.6 Å². The minimum absolute atomic E-state index is 0.187. The summed E-state index contributed by atoms with van der Waals surface area (Å²) in [6, 6.07) is 6.19. The number of carbonyl (C=O) groups is 2. The molecule has 0 unspecified atom stereocenters. The summed E-state index contributed by atoms with van der Waals surface area (Å²) < 4.78 is 15.1. The van der Waals surface area contributed by atoms with Crippen molar-refractivity contribution in [2.24, 2.45) is 0 Å². The third-order valence-electron chi connectivity index (χ3n) is 3.10. The summed E-state index contributed by atoms with van der Waals surface area (Å²) in [5, 5.41) is 0. The van der Waals surface area contributed by atoms with Crippen molar-refractivity contribution in [1.82, 2.24) is 0 Å². The minimum Gasteiger partial charge on any atom is -0.460 e. The first-order chi connectivity index (χ1) is 11.0. The van der Waals surface area contributed by atoms with Crippen LogP contribution >= 0.6 is 12.6 Å². The van der Waals surface area contributed by atoms with E-state index in [-0.39, 0.29) is 11.4 Å². The molecule has 0 fully saturated rings. The Morgan fingerprint density at radius 3 is 1.92 bits per heavy atom. The first kappa shape index (κ1) is 20.5. The second kappa shape index (κ2) is 8.53. The third kappa shape index (κ3) is 7.36. The van der Waals surface area contributed by atoms with Gasteiger partial charge < -0.3 is 14.2 Å². The molecular formula is C18H26O5S. The molecule has 0 saturated carbocycles. The predicted molar refractivity (Wildman–Crippen MR) is 95.8 cm³/mol. The summed E-state index contributed by atoms with van der Waals surface area (Å²) in [5.74, 6) is -0.888. The van der Waals surface area contributed by atoms with E-state index in [0.29, 0.717) is 24.2 Å². The maximum Gasteiger partial charge on any atom is 0.338 e. The highest BCUT2D eigenvalue weighted by atomic mass is 32.1. The van der Waals surface area contributed by atoms with Crippen LogP contribution in [0.25, 0.3) is 0 Å². The number of hydrogen-bond donors (Lipinski definition) is 1.